The zero-order valence-corrected chi connectivity index (χ0v) is 15.8. The summed E-state index contributed by atoms with van der Waals surface area (Å²) in [6, 6.07) is 7.35. The number of rotatable bonds is 9. The molecular weight excluding hydrogens is 370 g/mol. The Morgan fingerprint density at radius 1 is 1.35 bits per heavy atom. The molecule has 0 atom stereocenters. The van der Waals surface area contributed by atoms with Crippen molar-refractivity contribution in [1.29, 1.82) is 0 Å². The Kier molecular flexibility index (Phi) is 7.70. The van der Waals surface area contributed by atoms with Crippen LogP contribution in [0.2, 0.25) is 0 Å². The molecule has 136 valence electrons. The molecule has 1 N–H and O–H groups in total. The summed E-state index contributed by atoms with van der Waals surface area (Å²) >= 11 is 6.57. The lowest BCUT2D eigenvalue weighted by atomic mass is 10.1. The Morgan fingerprint density at radius 2 is 2.12 bits per heavy atom. The molecule has 2 rings (SSSR count). The third kappa shape index (κ3) is 5.61. The van der Waals surface area contributed by atoms with Gasteiger partial charge in [-0.1, -0.05) is 54.5 Å². The number of para-hydroxylation sites is 1. The van der Waals surface area contributed by atoms with Crippen LogP contribution < -0.4 is 4.74 Å². The zero-order chi connectivity index (χ0) is 18.9. The van der Waals surface area contributed by atoms with Crippen LogP contribution in [0.4, 0.5) is 0 Å². The number of amides is 1. The second kappa shape index (κ2) is 10.00. The number of hydrogen-bond acceptors (Lipinski definition) is 5. The molecule has 1 amide bonds. The van der Waals surface area contributed by atoms with Gasteiger partial charge in [-0.2, -0.15) is 0 Å². The van der Waals surface area contributed by atoms with E-state index in [0.29, 0.717) is 27.9 Å². The van der Waals surface area contributed by atoms with Crippen LogP contribution in [0.5, 0.6) is 5.75 Å². The Hall–Kier alpha value is -2.30. The van der Waals surface area contributed by atoms with Crippen LogP contribution in [-0.4, -0.2) is 39.4 Å². The van der Waals surface area contributed by atoms with Crippen molar-refractivity contribution >= 4 is 46.3 Å². The number of ether oxygens (including phenoxy) is 1. The van der Waals surface area contributed by atoms with Crippen molar-refractivity contribution in [3.05, 3.63) is 34.7 Å². The number of terminal acetylenes is 1. The summed E-state index contributed by atoms with van der Waals surface area (Å²) in [6.45, 7) is 0.652. The molecule has 7 heteroatoms. The summed E-state index contributed by atoms with van der Waals surface area (Å²) in [5, 5.41) is 8.64. The molecule has 5 nitrogen and oxygen atoms in total. The van der Waals surface area contributed by atoms with E-state index in [1.165, 1.54) is 11.8 Å². The van der Waals surface area contributed by atoms with E-state index in [1.54, 1.807) is 17.0 Å². The van der Waals surface area contributed by atoms with Gasteiger partial charge in [-0.3, -0.25) is 14.5 Å². The van der Waals surface area contributed by atoms with Gasteiger partial charge in [0.05, 0.1) is 4.91 Å². The van der Waals surface area contributed by atoms with E-state index in [4.69, 9.17) is 28.5 Å². The highest BCUT2D eigenvalue weighted by molar-refractivity contribution is 8.26. The van der Waals surface area contributed by atoms with Gasteiger partial charge in [0.15, 0.2) is 0 Å². The molecule has 1 aromatic carbocycles. The van der Waals surface area contributed by atoms with Crippen LogP contribution in [0, 0.1) is 12.3 Å². The van der Waals surface area contributed by atoms with Gasteiger partial charge < -0.3 is 9.84 Å². The second-order valence-corrected chi connectivity index (χ2v) is 7.24. The summed E-state index contributed by atoms with van der Waals surface area (Å²) in [7, 11) is 0. The molecular formula is C19H19NO4S2. The van der Waals surface area contributed by atoms with Crippen LogP contribution in [0.15, 0.2) is 29.2 Å². The van der Waals surface area contributed by atoms with Crippen molar-refractivity contribution < 1.29 is 19.4 Å². The number of carbonyl (C=O) groups excluding carboxylic acids is 1. The van der Waals surface area contributed by atoms with E-state index < -0.39 is 5.97 Å². The highest BCUT2D eigenvalue weighted by atomic mass is 32.2. The van der Waals surface area contributed by atoms with E-state index >= 15 is 0 Å². The Balaban J connectivity index is 2.01. The van der Waals surface area contributed by atoms with E-state index in [1.807, 2.05) is 18.2 Å². The van der Waals surface area contributed by atoms with E-state index in [-0.39, 0.29) is 18.9 Å². The molecule has 26 heavy (non-hydrogen) atoms. The topological polar surface area (TPSA) is 66.8 Å². The molecule has 0 unspecified atom stereocenters. The van der Waals surface area contributed by atoms with Crippen LogP contribution in [0.3, 0.4) is 0 Å². The van der Waals surface area contributed by atoms with Crippen LogP contribution in [0.25, 0.3) is 6.08 Å². The summed E-state index contributed by atoms with van der Waals surface area (Å²) < 4.78 is 6.02. The van der Waals surface area contributed by atoms with E-state index in [0.717, 1.165) is 18.4 Å². The molecule has 0 aromatic heterocycles. The normalized spacial score (nSPS) is 15.3. The van der Waals surface area contributed by atoms with Crippen LogP contribution in [-0.2, 0) is 9.59 Å². The third-order valence-corrected chi connectivity index (χ3v) is 5.04. The molecule has 1 aliphatic rings. The summed E-state index contributed by atoms with van der Waals surface area (Å²) in [5.74, 6) is 2.10. The van der Waals surface area contributed by atoms with Crippen LogP contribution >= 0.6 is 24.0 Å². The fourth-order valence-electron chi connectivity index (χ4n) is 2.41. The Labute approximate surface area is 162 Å². The lowest BCUT2D eigenvalue weighted by Gasteiger charge is -2.13. The maximum absolute atomic E-state index is 12.6. The minimum atomic E-state index is -0.802. The number of hydrogen-bond donors (Lipinski definition) is 1. The number of nitrogens with zero attached hydrogens (tertiary/aromatic N) is 1. The number of carboxylic acid groups (broad SMARTS) is 1. The smallest absolute Gasteiger partial charge is 0.303 e. The molecule has 1 aromatic rings. The molecule has 0 saturated carbocycles. The van der Waals surface area contributed by atoms with Crippen LogP contribution in [0.1, 0.15) is 31.2 Å². The van der Waals surface area contributed by atoms with Crippen molar-refractivity contribution in [3.63, 3.8) is 0 Å². The fraction of sp³-hybridized carbons (Fsp3) is 0.316. The SMILES string of the molecule is C#CCOc1ccccc1/C=C1/SC(=S)N(CCCCCC(=O)O)C1=O. The average molecular weight is 389 g/mol. The summed E-state index contributed by atoms with van der Waals surface area (Å²) in [6.07, 6.45) is 9.19. The van der Waals surface area contributed by atoms with Gasteiger partial charge in [-0.25, -0.2) is 0 Å². The van der Waals surface area contributed by atoms with Crippen molar-refractivity contribution in [1.82, 2.24) is 4.90 Å². The number of carboxylic acids is 1. The number of unbranched alkanes of at least 4 members (excludes halogenated alkanes) is 2. The van der Waals surface area contributed by atoms with Crippen molar-refractivity contribution in [3.8, 4) is 18.1 Å². The lowest BCUT2D eigenvalue weighted by Crippen LogP contribution is -2.29. The first-order chi connectivity index (χ1) is 12.5. The summed E-state index contributed by atoms with van der Waals surface area (Å²) in [5.41, 5.74) is 0.768. The predicted octanol–water partition coefficient (Wildman–Crippen LogP) is 3.54. The first kappa shape index (κ1) is 20.0. The highest BCUT2D eigenvalue weighted by Crippen LogP contribution is 2.34. The molecule has 0 spiro atoms. The molecule has 0 aliphatic carbocycles. The fourth-order valence-corrected chi connectivity index (χ4v) is 3.71. The highest BCUT2D eigenvalue weighted by Gasteiger charge is 2.31. The Morgan fingerprint density at radius 3 is 2.85 bits per heavy atom. The lowest BCUT2D eigenvalue weighted by molar-refractivity contribution is -0.137. The molecule has 1 saturated heterocycles. The minimum absolute atomic E-state index is 0.134. The van der Waals surface area contributed by atoms with Crippen molar-refractivity contribution in [2.45, 2.75) is 25.7 Å². The second-order valence-electron chi connectivity index (χ2n) is 5.57. The summed E-state index contributed by atoms with van der Waals surface area (Å²) in [4.78, 5) is 25.2. The number of thioether (sulfide) groups is 1. The van der Waals surface area contributed by atoms with Gasteiger partial charge in [0.25, 0.3) is 5.91 Å². The van der Waals surface area contributed by atoms with Gasteiger partial charge >= 0.3 is 5.97 Å². The van der Waals surface area contributed by atoms with E-state index in [2.05, 4.69) is 5.92 Å². The van der Waals surface area contributed by atoms with Gasteiger partial charge in [-0.15, -0.1) is 6.42 Å². The predicted molar refractivity (Wildman–Crippen MR) is 107 cm³/mol. The van der Waals surface area contributed by atoms with Crippen molar-refractivity contribution in [2.24, 2.45) is 0 Å². The molecule has 0 radical (unpaired) electrons. The Bertz CT molecular complexity index is 767. The number of benzene rings is 1. The van der Waals surface area contributed by atoms with Gasteiger partial charge in [0.1, 0.15) is 16.7 Å². The standard InChI is InChI=1S/C19H19NO4S2/c1-2-12-24-15-9-6-5-8-14(15)13-16-18(23)20(19(25)26-16)11-7-3-4-10-17(21)22/h1,5-6,8-9,13H,3-4,7,10-12H2,(H,21,22)/b16-13+. The molecule has 1 heterocycles. The molecule has 1 aliphatic heterocycles. The van der Waals surface area contributed by atoms with Crippen molar-refractivity contribution in [2.75, 3.05) is 13.2 Å². The maximum Gasteiger partial charge on any atom is 0.303 e. The molecule has 1 fully saturated rings. The quantitative estimate of drug-likeness (QED) is 0.302. The minimum Gasteiger partial charge on any atom is -0.481 e. The monoisotopic (exact) mass is 389 g/mol. The first-order valence-corrected chi connectivity index (χ1v) is 9.38. The number of aliphatic carboxylic acids is 1. The maximum atomic E-state index is 12.6. The largest absolute Gasteiger partial charge is 0.481 e. The number of thiocarbonyl (C=S) groups is 1. The van der Waals surface area contributed by atoms with Gasteiger partial charge in [0.2, 0.25) is 0 Å². The van der Waals surface area contributed by atoms with E-state index in [9.17, 15) is 9.59 Å². The zero-order valence-electron chi connectivity index (χ0n) is 14.1. The van der Waals surface area contributed by atoms with Gasteiger partial charge in [0, 0.05) is 18.5 Å². The first-order valence-electron chi connectivity index (χ1n) is 8.15. The molecule has 0 bridgehead atoms. The average Bonchev–Trinajstić information content (AvgIpc) is 2.87. The van der Waals surface area contributed by atoms with Gasteiger partial charge in [-0.05, 0) is 25.0 Å². The number of carbonyl (C=O) groups is 2. The third-order valence-electron chi connectivity index (χ3n) is 3.66.